The van der Waals surface area contributed by atoms with Crippen LogP contribution in [0.2, 0.25) is 0 Å². The van der Waals surface area contributed by atoms with Crippen LogP contribution in [0.3, 0.4) is 0 Å². The van der Waals surface area contributed by atoms with Crippen molar-refractivity contribution in [2.75, 3.05) is 17.2 Å². The van der Waals surface area contributed by atoms with Crippen LogP contribution in [0.25, 0.3) is 0 Å². The van der Waals surface area contributed by atoms with Crippen molar-refractivity contribution in [3.05, 3.63) is 24.3 Å². The van der Waals surface area contributed by atoms with Crippen LogP contribution < -0.4 is 10.6 Å². The van der Waals surface area contributed by atoms with E-state index in [9.17, 15) is 0 Å². The molecule has 0 bridgehead atoms. The molecule has 0 saturated heterocycles. The Morgan fingerprint density at radius 2 is 2.00 bits per heavy atom. The van der Waals surface area contributed by atoms with E-state index >= 15 is 0 Å². The molecule has 0 aromatic carbocycles. The summed E-state index contributed by atoms with van der Waals surface area (Å²) in [6.45, 7) is 7.33. The Hall–Kier alpha value is -2.11. The average molecular weight is 274 g/mol. The molecule has 0 radical (unpaired) electrons. The van der Waals surface area contributed by atoms with Crippen molar-refractivity contribution < 1.29 is 0 Å². The molecule has 0 saturated carbocycles. The Bertz CT molecular complexity index is 561. The van der Waals surface area contributed by atoms with Crippen molar-refractivity contribution >= 4 is 17.3 Å². The Balaban J connectivity index is 2.31. The van der Waals surface area contributed by atoms with Crippen LogP contribution in [0.4, 0.5) is 17.3 Å². The van der Waals surface area contributed by atoms with Gasteiger partial charge in [0.05, 0.1) is 11.9 Å². The number of nitrogens with one attached hydrogen (secondary N) is 2. The molecule has 0 amide bonds. The zero-order chi connectivity index (χ0) is 14.5. The predicted octanol–water partition coefficient (Wildman–Crippen LogP) is 2.90. The maximum absolute atomic E-state index is 4.37. The van der Waals surface area contributed by atoms with E-state index < -0.39 is 0 Å². The number of hydrogen-bond donors (Lipinski definition) is 2. The van der Waals surface area contributed by atoms with Gasteiger partial charge in [-0.05, 0) is 12.3 Å². The van der Waals surface area contributed by atoms with Crippen LogP contribution in [-0.4, -0.2) is 26.3 Å². The normalized spacial score (nSPS) is 10.8. The first kappa shape index (κ1) is 14.3. The van der Waals surface area contributed by atoms with Crippen molar-refractivity contribution in [3.63, 3.8) is 0 Å². The predicted molar refractivity (Wildman–Crippen MR) is 81.4 cm³/mol. The molecule has 0 unspecified atom stereocenters. The van der Waals surface area contributed by atoms with Gasteiger partial charge in [-0.15, -0.1) is 0 Å². The SMILES string of the molecule is CCCNc1ncnc(Nc2cnn(C)c2)c1C(C)C. The van der Waals surface area contributed by atoms with Crippen molar-refractivity contribution in [1.82, 2.24) is 19.7 Å². The topological polar surface area (TPSA) is 67.7 Å². The lowest BCUT2D eigenvalue weighted by Crippen LogP contribution is -2.10. The number of hydrogen-bond acceptors (Lipinski definition) is 5. The highest BCUT2D eigenvalue weighted by Gasteiger charge is 2.15. The second kappa shape index (κ2) is 6.36. The Morgan fingerprint density at radius 1 is 1.25 bits per heavy atom. The molecule has 6 heteroatoms. The van der Waals surface area contributed by atoms with Gasteiger partial charge in [0.25, 0.3) is 0 Å². The Kier molecular flexibility index (Phi) is 4.55. The Labute approximate surface area is 119 Å². The van der Waals surface area contributed by atoms with Crippen molar-refractivity contribution in [2.45, 2.75) is 33.1 Å². The minimum absolute atomic E-state index is 0.328. The van der Waals surface area contributed by atoms with Gasteiger partial charge in [-0.2, -0.15) is 5.10 Å². The van der Waals surface area contributed by atoms with Gasteiger partial charge in [0.2, 0.25) is 0 Å². The smallest absolute Gasteiger partial charge is 0.139 e. The van der Waals surface area contributed by atoms with E-state index in [1.807, 2.05) is 13.2 Å². The number of anilines is 3. The van der Waals surface area contributed by atoms with E-state index in [0.717, 1.165) is 35.9 Å². The second-order valence-corrected chi connectivity index (χ2v) is 5.09. The molecular weight excluding hydrogens is 252 g/mol. The quantitative estimate of drug-likeness (QED) is 0.847. The second-order valence-electron chi connectivity index (χ2n) is 5.09. The zero-order valence-electron chi connectivity index (χ0n) is 12.5. The summed E-state index contributed by atoms with van der Waals surface area (Å²) < 4.78 is 1.76. The molecule has 2 rings (SSSR count). The highest BCUT2D eigenvalue weighted by Crippen LogP contribution is 2.30. The summed E-state index contributed by atoms with van der Waals surface area (Å²) in [4.78, 5) is 8.74. The molecular formula is C14H22N6. The molecule has 2 heterocycles. The summed E-state index contributed by atoms with van der Waals surface area (Å²) in [6, 6.07) is 0. The van der Waals surface area contributed by atoms with Crippen LogP contribution >= 0.6 is 0 Å². The van der Waals surface area contributed by atoms with Crippen molar-refractivity contribution in [2.24, 2.45) is 7.05 Å². The maximum Gasteiger partial charge on any atom is 0.139 e. The third-order valence-corrected chi connectivity index (χ3v) is 2.97. The highest BCUT2D eigenvalue weighted by molar-refractivity contribution is 5.65. The first-order valence-corrected chi connectivity index (χ1v) is 6.96. The average Bonchev–Trinajstić information content (AvgIpc) is 2.81. The number of aromatic nitrogens is 4. The van der Waals surface area contributed by atoms with E-state index in [0.29, 0.717) is 5.92 Å². The van der Waals surface area contributed by atoms with Crippen LogP contribution in [0.1, 0.15) is 38.7 Å². The Morgan fingerprint density at radius 3 is 2.60 bits per heavy atom. The summed E-state index contributed by atoms with van der Waals surface area (Å²) >= 11 is 0. The standard InChI is InChI=1S/C14H22N6/c1-5-6-15-13-12(10(2)3)14(17-9-16-13)19-11-7-18-20(4)8-11/h7-10H,5-6H2,1-4H3,(H2,15,16,17,19). The van der Waals surface area contributed by atoms with Gasteiger partial charge in [0.15, 0.2) is 0 Å². The lowest BCUT2D eigenvalue weighted by molar-refractivity contribution is 0.768. The lowest BCUT2D eigenvalue weighted by Gasteiger charge is -2.17. The molecule has 2 aromatic heterocycles. The van der Waals surface area contributed by atoms with E-state index in [1.54, 1.807) is 17.2 Å². The fourth-order valence-corrected chi connectivity index (χ4v) is 2.05. The fourth-order valence-electron chi connectivity index (χ4n) is 2.05. The fraction of sp³-hybridized carbons (Fsp3) is 0.500. The number of nitrogens with zero attached hydrogens (tertiary/aromatic N) is 4. The van der Waals surface area contributed by atoms with Crippen LogP contribution in [0, 0.1) is 0 Å². The van der Waals surface area contributed by atoms with Gasteiger partial charge in [0, 0.05) is 25.4 Å². The highest BCUT2D eigenvalue weighted by atomic mass is 15.3. The van der Waals surface area contributed by atoms with Crippen molar-refractivity contribution in [3.8, 4) is 0 Å². The third kappa shape index (κ3) is 3.26. The lowest BCUT2D eigenvalue weighted by atomic mass is 10.0. The van der Waals surface area contributed by atoms with Gasteiger partial charge in [-0.3, -0.25) is 4.68 Å². The van der Waals surface area contributed by atoms with Gasteiger partial charge >= 0.3 is 0 Å². The van der Waals surface area contributed by atoms with Crippen LogP contribution in [0.15, 0.2) is 18.7 Å². The van der Waals surface area contributed by atoms with E-state index in [-0.39, 0.29) is 0 Å². The van der Waals surface area contributed by atoms with Crippen LogP contribution in [-0.2, 0) is 7.05 Å². The molecule has 20 heavy (non-hydrogen) atoms. The maximum atomic E-state index is 4.37. The summed E-state index contributed by atoms with van der Waals surface area (Å²) in [7, 11) is 1.89. The summed E-state index contributed by atoms with van der Waals surface area (Å²) in [6.07, 6.45) is 6.35. The number of aryl methyl sites for hydroxylation is 1. The molecule has 0 fully saturated rings. The molecule has 0 aliphatic heterocycles. The van der Waals surface area contributed by atoms with Gasteiger partial charge < -0.3 is 10.6 Å². The largest absolute Gasteiger partial charge is 0.370 e. The number of rotatable bonds is 6. The molecule has 2 N–H and O–H groups in total. The van der Waals surface area contributed by atoms with Gasteiger partial charge in [-0.1, -0.05) is 20.8 Å². The third-order valence-electron chi connectivity index (χ3n) is 2.97. The molecule has 2 aromatic rings. The minimum Gasteiger partial charge on any atom is -0.370 e. The minimum atomic E-state index is 0.328. The molecule has 108 valence electrons. The molecule has 6 nitrogen and oxygen atoms in total. The van der Waals surface area contributed by atoms with Gasteiger partial charge in [-0.25, -0.2) is 9.97 Å². The summed E-state index contributed by atoms with van der Waals surface area (Å²) in [5.74, 6) is 2.07. The summed E-state index contributed by atoms with van der Waals surface area (Å²) in [5, 5.41) is 10.8. The molecule has 0 atom stereocenters. The van der Waals surface area contributed by atoms with E-state index in [4.69, 9.17) is 0 Å². The van der Waals surface area contributed by atoms with Gasteiger partial charge in [0.1, 0.15) is 18.0 Å². The molecule has 0 aliphatic rings. The van der Waals surface area contributed by atoms with Crippen molar-refractivity contribution in [1.29, 1.82) is 0 Å². The van der Waals surface area contributed by atoms with E-state index in [1.165, 1.54) is 0 Å². The molecule has 0 spiro atoms. The monoisotopic (exact) mass is 274 g/mol. The molecule has 0 aliphatic carbocycles. The van der Waals surface area contributed by atoms with E-state index in [2.05, 4.69) is 46.5 Å². The zero-order valence-corrected chi connectivity index (χ0v) is 12.5. The first-order valence-electron chi connectivity index (χ1n) is 6.96. The van der Waals surface area contributed by atoms with Crippen LogP contribution in [0.5, 0.6) is 0 Å². The first-order chi connectivity index (χ1) is 9.61. The summed E-state index contributed by atoms with van der Waals surface area (Å²) in [5.41, 5.74) is 2.03.